The van der Waals surface area contributed by atoms with Crippen LogP contribution in [-0.4, -0.2) is 28.2 Å². The number of aromatic amines is 1. The number of hydrogen-bond acceptors (Lipinski definition) is 3. The highest BCUT2D eigenvalue weighted by atomic mass is 35.5. The summed E-state index contributed by atoms with van der Waals surface area (Å²) in [4.78, 5) is 12.2. The average Bonchev–Trinajstić information content (AvgIpc) is 2.84. The predicted octanol–water partition coefficient (Wildman–Crippen LogP) is 2.20. The molecule has 1 aromatic carbocycles. The maximum atomic E-state index is 12.2. The summed E-state index contributed by atoms with van der Waals surface area (Å²) in [5, 5.41) is 10.2. The third kappa shape index (κ3) is 3.59. The molecule has 5 nitrogen and oxygen atoms in total. The first-order chi connectivity index (χ1) is 9.37. The number of hydrogen-bond donors (Lipinski definition) is 3. The average molecular weight is 293 g/mol. The van der Waals surface area contributed by atoms with Crippen molar-refractivity contribution >= 4 is 17.5 Å². The molecule has 0 aliphatic carbocycles. The van der Waals surface area contributed by atoms with Crippen LogP contribution in [0, 0.1) is 0 Å². The summed E-state index contributed by atoms with van der Waals surface area (Å²) in [7, 11) is 0. The number of amides is 1. The van der Waals surface area contributed by atoms with E-state index in [1.165, 1.54) is 6.20 Å². The highest BCUT2D eigenvalue weighted by molar-refractivity contribution is 6.30. The Morgan fingerprint density at radius 3 is 2.90 bits per heavy atom. The van der Waals surface area contributed by atoms with Crippen molar-refractivity contribution in [3.63, 3.8) is 0 Å². The molecule has 2 rings (SSSR count). The second-order valence-electron chi connectivity index (χ2n) is 5.34. The van der Waals surface area contributed by atoms with Crippen LogP contribution in [-0.2, 0) is 0 Å². The van der Waals surface area contributed by atoms with E-state index in [9.17, 15) is 4.79 Å². The molecule has 0 atom stereocenters. The molecule has 2 aromatic rings. The minimum absolute atomic E-state index is 0.216. The molecule has 0 bridgehead atoms. The Bertz CT molecular complexity index is 616. The van der Waals surface area contributed by atoms with E-state index in [0.717, 1.165) is 5.56 Å². The summed E-state index contributed by atoms with van der Waals surface area (Å²) in [5.74, 6) is -0.216. The van der Waals surface area contributed by atoms with Crippen molar-refractivity contribution in [1.29, 1.82) is 0 Å². The number of aromatic nitrogens is 2. The van der Waals surface area contributed by atoms with E-state index >= 15 is 0 Å². The molecule has 106 valence electrons. The quantitative estimate of drug-likeness (QED) is 0.808. The van der Waals surface area contributed by atoms with Crippen molar-refractivity contribution in [2.45, 2.75) is 19.4 Å². The first kappa shape index (κ1) is 14.6. The van der Waals surface area contributed by atoms with Gasteiger partial charge in [-0.3, -0.25) is 9.89 Å². The molecule has 0 unspecified atom stereocenters. The molecule has 4 N–H and O–H groups in total. The van der Waals surface area contributed by atoms with Gasteiger partial charge in [-0.1, -0.05) is 23.7 Å². The normalized spacial score (nSPS) is 11.4. The Balaban J connectivity index is 2.23. The highest BCUT2D eigenvalue weighted by Gasteiger charge is 2.18. The van der Waals surface area contributed by atoms with Crippen LogP contribution in [0.1, 0.15) is 24.2 Å². The Labute approximate surface area is 122 Å². The lowest BCUT2D eigenvalue weighted by molar-refractivity contribution is 0.0947. The molecule has 1 aromatic heterocycles. The molecule has 0 saturated carbocycles. The summed E-state index contributed by atoms with van der Waals surface area (Å²) >= 11 is 5.96. The van der Waals surface area contributed by atoms with Crippen LogP contribution in [0.5, 0.6) is 0 Å². The van der Waals surface area contributed by atoms with E-state index in [1.807, 2.05) is 26.0 Å². The Morgan fingerprint density at radius 1 is 1.50 bits per heavy atom. The number of carbonyl (C=O) groups is 1. The number of halogens is 1. The van der Waals surface area contributed by atoms with E-state index < -0.39 is 5.54 Å². The molecular weight excluding hydrogens is 276 g/mol. The molecule has 0 aliphatic rings. The second kappa shape index (κ2) is 5.64. The fourth-order valence-corrected chi connectivity index (χ4v) is 1.92. The van der Waals surface area contributed by atoms with Gasteiger partial charge < -0.3 is 11.1 Å². The molecule has 0 saturated heterocycles. The summed E-state index contributed by atoms with van der Waals surface area (Å²) in [5.41, 5.74) is 7.31. The molecule has 0 aliphatic heterocycles. The molecular formula is C14H17ClN4O. The van der Waals surface area contributed by atoms with Crippen molar-refractivity contribution in [2.24, 2.45) is 5.73 Å². The second-order valence-corrected chi connectivity index (χ2v) is 5.78. The fourth-order valence-electron chi connectivity index (χ4n) is 1.73. The van der Waals surface area contributed by atoms with Crippen LogP contribution in [0.2, 0.25) is 5.02 Å². The van der Waals surface area contributed by atoms with E-state index in [1.54, 1.807) is 12.1 Å². The van der Waals surface area contributed by atoms with Gasteiger partial charge in [0.1, 0.15) is 0 Å². The monoisotopic (exact) mass is 292 g/mol. The largest absolute Gasteiger partial charge is 0.350 e. The van der Waals surface area contributed by atoms with E-state index in [2.05, 4.69) is 15.5 Å². The van der Waals surface area contributed by atoms with Gasteiger partial charge >= 0.3 is 0 Å². The standard InChI is InChI=1S/C14H17ClN4O/c1-14(2,16)8-17-13(20)11-7-18-19-12(11)9-4-3-5-10(15)6-9/h3-7H,8,16H2,1-2H3,(H,17,20)(H,18,19). The van der Waals surface area contributed by atoms with Crippen molar-refractivity contribution in [1.82, 2.24) is 15.5 Å². The number of rotatable bonds is 4. The number of H-pyrrole nitrogens is 1. The van der Waals surface area contributed by atoms with Crippen LogP contribution in [0.15, 0.2) is 30.5 Å². The fraction of sp³-hybridized carbons (Fsp3) is 0.286. The number of nitrogens with zero attached hydrogens (tertiary/aromatic N) is 1. The number of nitrogens with one attached hydrogen (secondary N) is 2. The zero-order valence-electron chi connectivity index (χ0n) is 11.4. The van der Waals surface area contributed by atoms with Gasteiger partial charge in [0.25, 0.3) is 5.91 Å². The van der Waals surface area contributed by atoms with Crippen LogP contribution in [0.4, 0.5) is 0 Å². The summed E-state index contributed by atoms with van der Waals surface area (Å²) in [6.45, 7) is 4.08. The number of carbonyl (C=O) groups excluding carboxylic acids is 1. The topological polar surface area (TPSA) is 83.8 Å². The van der Waals surface area contributed by atoms with Gasteiger partial charge in [0.2, 0.25) is 0 Å². The lowest BCUT2D eigenvalue weighted by Gasteiger charge is -2.18. The van der Waals surface area contributed by atoms with Crippen molar-refractivity contribution < 1.29 is 4.79 Å². The summed E-state index contributed by atoms with van der Waals surface area (Å²) < 4.78 is 0. The maximum absolute atomic E-state index is 12.2. The molecule has 1 amide bonds. The lowest BCUT2D eigenvalue weighted by Crippen LogP contribution is -2.45. The zero-order valence-corrected chi connectivity index (χ0v) is 12.2. The number of nitrogens with two attached hydrogens (primary N) is 1. The first-order valence-electron chi connectivity index (χ1n) is 6.23. The third-order valence-electron chi connectivity index (χ3n) is 2.70. The predicted molar refractivity (Wildman–Crippen MR) is 79.6 cm³/mol. The van der Waals surface area contributed by atoms with E-state index in [4.69, 9.17) is 17.3 Å². The van der Waals surface area contributed by atoms with Crippen molar-refractivity contribution in [2.75, 3.05) is 6.54 Å². The first-order valence-corrected chi connectivity index (χ1v) is 6.61. The minimum Gasteiger partial charge on any atom is -0.350 e. The van der Waals surface area contributed by atoms with Gasteiger partial charge in [-0.15, -0.1) is 0 Å². The van der Waals surface area contributed by atoms with Crippen LogP contribution in [0.3, 0.4) is 0 Å². The minimum atomic E-state index is -0.463. The van der Waals surface area contributed by atoms with Gasteiger partial charge in [0.15, 0.2) is 0 Å². The van der Waals surface area contributed by atoms with Crippen LogP contribution < -0.4 is 11.1 Å². The summed E-state index contributed by atoms with van der Waals surface area (Å²) in [6, 6.07) is 7.24. The van der Waals surface area contributed by atoms with Crippen molar-refractivity contribution in [3.05, 3.63) is 41.0 Å². The summed E-state index contributed by atoms with van der Waals surface area (Å²) in [6.07, 6.45) is 1.50. The van der Waals surface area contributed by atoms with Crippen molar-refractivity contribution in [3.8, 4) is 11.3 Å². The molecule has 20 heavy (non-hydrogen) atoms. The maximum Gasteiger partial charge on any atom is 0.255 e. The van der Waals surface area contributed by atoms with E-state index in [0.29, 0.717) is 22.8 Å². The van der Waals surface area contributed by atoms with Crippen LogP contribution >= 0.6 is 11.6 Å². The smallest absolute Gasteiger partial charge is 0.255 e. The van der Waals surface area contributed by atoms with Gasteiger partial charge in [-0.2, -0.15) is 5.10 Å². The Morgan fingerprint density at radius 2 is 2.25 bits per heavy atom. The SMILES string of the molecule is CC(C)(N)CNC(=O)c1cn[nH]c1-c1cccc(Cl)c1. The molecule has 0 fully saturated rings. The molecule has 0 radical (unpaired) electrons. The van der Waals surface area contributed by atoms with E-state index in [-0.39, 0.29) is 5.91 Å². The molecule has 1 heterocycles. The molecule has 6 heteroatoms. The van der Waals surface area contributed by atoms with Gasteiger partial charge in [0, 0.05) is 22.7 Å². The van der Waals surface area contributed by atoms with Gasteiger partial charge in [0.05, 0.1) is 17.5 Å². The third-order valence-corrected chi connectivity index (χ3v) is 2.94. The van der Waals surface area contributed by atoms with Gasteiger partial charge in [-0.25, -0.2) is 0 Å². The lowest BCUT2D eigenvalue weighted by atomic mass is 10.1. The Kier molecular flexibility index (Phi) is 4.11. The highest BCUT2D eigenvalue weighted by Crippen LogP contribution is 2.23. The number of benzene rings is 1. The Hall–Kier alpha value is -1.85. The molecule has 0 spiro atoms. The zero-order chi connectivity index (χ0) is 14.8. The van der Waals surface area contributed by atoms with Gasteiger partial charge in [-0.05, 0) is 26.0 Å². The van der Waals surface area contributed by atoms with Crippen LogP contribution in [0.25, 0.3) is 11.3 Å².